The van der Waals surface area contributed by atoms with Crippen molar-refractivity contribution in [1.29, 1.82) is 5.26 Å². The molecule has 1 rings (SSSR count). The van der Waals surface area contributed by atoms with Gasteiger partial charge in [-0.15, -0.1) is 4.83 Å². The number of hydrazine groups is 1. The van der Waals surface area contributed by atoms with Gasteiger partial charge in [0, 0.05) is 0 Å². The summed E-state index contributed by atoms with van der Waals surface area (Å²) in [5.41, 5.74) is 6.45. The second kappa shape index (κ2) is 5.05. The molecule has 0 fully saturated rings. The first kappa shape index (κ1) is 13.3. The predicted molar refractivity (Wildman–Crippen MR) is 61.4 cm³/mol. The van der Waals surface area contributed by atoms with Crippen molar-refractivity contribution < 1.29 is 12.8 Å². The molecule has 4 N–H and O–H groups in total. The highest BCUT2D eigenvalue weighted by Gasteiger charge is 2.20. The number of rotatable bonds is 3. The van der Waals surface area contributed by atoms with E-state index in [0.29, 0.717) is 0 Å². The number of nitrogens with zero attached hydrogens (tertiary/aromatic N) is 1. The molecule has 0 aromatic heterocycles. The van der Waals surface area contributed by atoms with E-state index in [1.54, 1.807) is 0 Å². The standard InChI is InChI=1S/C8H7FN4O2S2/c9-6-2-1-3-7(5(6)4-10)17(14,15)13-12-8(11)16/h1-3,13H,(H3,11,12,16). The Hall–Kier alpha value is -1.76. The summed E-state index contributed by atoms with van der Waals surface area (Å²) < 4.78 is 36.5. The van der Waals surface area contributed by atoms with Crippen LogP contribution in [0.25, 0.3) is 0 Å². The summed E-state index contributed by atoms with van der Waals surface area (Å²) >= 11 is 4.40. The Kier molecular flexibility index (Phi) is 3.95. The van der Waals surface area contributed by atoms with E-state index in [2.05, 4.69) is 12.2 Å². The molecule has 0 aliphatic heterocycles. The van der Waals surface area contributed by atoms with Crippen LogP contribution in [0.15, 0.2) is 23.1 Å². The Morgan fingerprint density at radius 1 is 1.53 bits per heavy atom. The molecule has 6 nitrogen and oxygen atoms in total. The Bertz CT molecular complexity index is 594. The van der Waals surface area contributed by atoms with E-state index in [1.165, 1.54) is 12.1 Å². The minimum atomic E-state index is -4.11. The first-order chi connectivity index (χ1) is 7.88. The quantitative estimate of drug-likeness (QED) is 0.517. The number of nitriles is 1. The number of hydrogen-bond donors (Lipinski definition) is 3. The largest absolute Gasteiger partial charge is 0.375 e. The zero-order chi connectivity index (χ0) is 13.1. The van der Waals surface area contributed by atoms with Crippen molar-refractivity contribution in [1.82, 2.24) is 10.3 Å². The molecule has 0 aliphatic carbocycles. The van der Waals surface area contributed by atoms with Crippen LogP contribution in [-0.2, 0) is 10.0 Å². The summed E-state index contributed by atoms with van der Waals surface area (Å²) in [4.78, 5) is 1.32. The van der Waals surface area contributed by atoms with E-state index >= 15 is 0 Å². The predicted octanol–water partition coefficient (Wildman–Crippen LogP) is -0.276. The van der Waals surface area contributed by atoms with Crippen LogP contribution < -0.4 is 16.0 Å². The van der Waals surface area contributed by atoms with Gasteiger partial charge in [-0.05, 0) is 24.4 Å². The van der Waals surface area contributed by atoms with Crippen LogP contribution >= 0.6 is 12.2 Å². The zero-order valence-electron chi connectivity index (χ0n) is 8.27. The third-order valence-electron chi connectivity index (χ3n) is 1.69. The fourth-order valence-corrected chi connectivity index (χ4v) is 2.15. The van der Waals surface area contributed by atoms with E-state index in [0.717, 1.165) is 12.1 Å². The van der Waals surface area contributed by atoms with Crippen molar-refractivity contribution in [3.8, 4) is 6.07 Å². The zero-order valence-corrected chi connectivity index (χ0v) is 9.90. The molecule has 0 saturated heterocycles. The molecule has 0 atom stereocenters. The van der Waals surface area contributed by atoms with Gasteiger partial charge < -0.3 is 5.73 Å². The summed E-state index contributed by atoms with van der Waals surface area (Å²) in [6.45, 7) is 0. The van der Waals surface area contributed by atoms with E-state index in [1.807, 2.05) is 10.3 Å². The number of nitrogens with one attached hydrogen (secondary N) is 2. The van der Waals surface area contributed by atoms with Crippen LogP contribution in [0.1, 0.15) is 5.56 Å². The number of thiocarbonyl (C=S) groups is 1. The van der Waals surface area contributed by atoms with E-state index in [9.17, 15) is 12.8 Å². The van der Waals surface area contributed by atoms with Gasteiger partial charge in [0.2, 0.25) is 0 Å². The van der Waals surface area contributed by atoms with Gasteiger partial charge in [0.25, 0.3) is 10.0 Å². The number of halogens is 1. The Morgan fingerprint density at radius 3 is 2.71 bits per heavy atom. The van der Waals surface area contributed by atoms with Crippen LogP contribution in [0.4, 0.5) is 4.39 Å². The molecule has 9 heteroatoms. The normalized spacial score (nSPS) is 10.6. The van der Waals surface area contributed by atoms with Gasteiger partial charge in [0.1, 0.15) is 22.3 Å². The van der Waals surface area contributed by atoms with Gasteiger partial charge in [-0.1, -0.05) is 6.07 Å². The van der Waals surface area contributed by atoms with Crippen LogP contribution in [-0.4, -0.2) is 13.5 Å². The highest BCUT2D eigenvalue weighted by Crippen LogP contribution is 2.17. The van der Waals surface area contributed by atoms with Gasteiger partial charge in [0.15, 0.2) is 5.11 Å². The molecule has 0 radical (unpaired) electrons. The molecule has 0 bridgehead atoms. The second-order valence-corrected chi connectivity index (χ2v) is 4.91. The molecule has 0 amide bonds. The molecule has 0 unspecified atom stereocenters. The molecular formula is C8H7FN4O2S2. The minimum absolute atomic E-state index is 0.302. The number of hydrogen-bond acceptors (Lipinski definition) is 4. The second-order valence-electron chi connectivity index (χ2n) is 2.82. The SMILES string of the molecule is N#Cc1c(F)cccc1S(=O)(=O)NNC(N)=S. The fraction of sp³-hybridized carbons (Fsp3) is 0. The van der Waals surface area contributed by atoms with Crippen molar-refractivity contribution in [3.05, 3.63) is 29.6 Å². The highest BCUT2D eigenvalue weighted by atomic mass is 32.2. The molecular weight excluding hydrogens is 267 g/mol. The Balaban J connectivity index is 3.21. The molecule has 1 aromatic rings. The molecule has 0 saturated carbocycles. The van der Waals surface area contributed by atoms with E-state index in [4.69, 9.17) is 11.0 Å². The molecule has 90 valence electrons. The van der Waals surface area contributed by atoms with Crippen molar-refractivity contribution in [2.24, 2.45) is 5.73 Å². The monoisotopic (exact) mass is 274 g/mol. The Labute approximate surface area is 102 Å². The molecule has 17 heavy (non-hydrogen) atoms. The smallest absolute Gasteiger partial charge is 0.258 e. The fourth-order valence-electron chi connectivity index (χ4n) is 1.01. The van der Waals surface area contributed by atoms with Crippen LogP contribution in [0.3, 0.4) is 0 Å². The van der Waals surface area contributed by atoms with Crippen molar-refractivity contribution in [2.75, 3.05) is 0 Å². The summed E-state index contributed by atoms with van der Waals surface area (Å²) in [6.07, 6.45) is 0. The van der Waals surface area contributed by atoms with E-state index in [-0.39, 0.29) is 5.11 Å². The first-order valence-electron chi connectivity index (χ1n) is 4.14. The van der Waals surface area contributed by atoms with Crippen LogP contribution in [0.5, 0.6) is 0 Å². The lowest BCUT2D eigenvalue weighted by Gasteiger charge is -2.09. The number of sulfonamides is 1. The maximum atomic E-state index is 13.2. The summed E-state index contributed by atoms with van der Waals surface area (Å²) in [5.74, 6) is -0.925. The molecule has 0 heterocycles. The molecule has 0 aliphatic rings. The summed E-state index contributed by atoms with van der Waals surface area (Å²) in [7, 11) is -4.11. The molecule has 0 spiro atoms. The van der Waals surface area contributed by atoms with Gasteiger partial charge in [0.05, 0.1) is 0 Å². The molecule has 1 aromatic carbocycles. The van der Waals surface area contributed by atoms with Crippen molar-refractivity contribution in [3.63, 3.8) is 0 Å². The van der Waals surface area contributed by atoms with Crippen molar-refractivity contribution in [2.45, 2.75) is 4.90 Å². The third kappa shape index (κ3) is 3.10. The Morgan fingerprint density at radius 2 is 2.18 bits per heavy atom. The lowest BCUT2D eigenvalue weighted by Crippen LogP contribution is -2.44. The van der Waals surface area contributed by atoms with Crippen LogP contribution in [0, 0.1) is 17.1 Å². The highest BCUT2D eigenvalue weighted by molar-refractivity contribution is 7.89. The number of nitrogens with two attached hydrogens (primary N) is 1. The van der Waals surface area contributed by atoms with Gasteiger partial charge in [-0.25, -0.2) is 12.8 Å². The maximum absolute atomic E-state index is 13.2. The summed E-state index contributed by atoms with van der Waals surface area (Å²) in [6, 6.07) is 4.72. The lowest BCUT2D eigenvalue weighted by atomic mass is 10.2. The van der Waals surface area contributed by atoms with Gasteiger partial charge >= 0.3 is 0 Å². The lowest BCUT2D eigenvalue weighted by molar-refractivity contribution is 0.573. The van der Waals surface area contributed by atoms with Crippen molar-refractivity contribution >= 4 is 27.4 Å². The average molecular weight is 274 g/mol. The van der Waals surface area contributed by atoms with E-state index < -0.39 is 26.3 Å². The third-order valence-corrected chi connectivity index (χ3v) is 3.08. The summed E-state index contributed by atoms with van der Waals surface area (Å²) in [5, 5.41) is 8.38. The maximum Gasteiger partial charge on any atom is 0.258 e. The number of benzene rings is 1. The topological polar surface area (TPSA) is 108 Å². The van der Waals surface area contributed by atoms with Gasteiger partial charge in [-0.3, -0.25) is 5.43 Å². The van der Waals surface area contributed by atoms with Gasteiger partial charge in [-0.2, -0.15) is 5.26 Å². The van der Waals surface area contributed by atoms with Crippen LogP contribution in [0.2, 0.25) is 0 Å². The minimum Gasteiger partial charge on any atom is -0.375 e. The first-order valence-corrected chi connectivity index (χ1v) is 6.03. The average Bonchev–Trinajstić information content (AvgIpc) is 2.26.